The van der Waals surface area contributed by atoms with E-state index in [9.17, 15) is 9.59 Å². The highest BCUT2D eigenvalue weighted by Gasteiger charge is 2.34. The summed E-state index contributed by atoms with van der Waals surface area (Å²) in [4.78, 5) is 28.3. The van der Waals surface area contributed by atoms with Crippen LogP contribution in [0, 0.1) is 6.92 Å². The Morgan fingerprint density at radius 1 is 1.35 bits per heavy atom. The van der Waals surface area contributed by atoms with E-state index in [-0.39, 0.29) is 18.4 Å². The molecule has 0 unspecified atom stereocenters. The summed E-state index contributed by atoms with van der Waals surface area (Å²) in [5.74, 6) is 0.491. The van der Waals surface area contributed by atoms with Crippen molar-refractivity contribution in [3.8, 4) is 5.75 Å². The molecular formula is C18H26N2O3. The number of carbonyl (C=O) groups is 2. The Labute approximate surface area is 138 Å². The van der Waals surface area contributed by atoms with Gasteiger partial charge >= 0.3 is 0 Å². The lowest BCUT2D eigenvalue weighted by molar-refractivity contribution is -0.132. The van der Waals surface area contributed by atoms with Crippen molar-refractivity contribution < 1.29 is 14.3 Å². The van der Waals surface area contributed by atoms with Crippen LogP contribution in [0.25, 0.3) is 0 Å². The Balaban J connectivity index is 2.23. The number of hydrogen-bond donors (Lipinski definition) is 0. The molecule has 2 amide bonds. The summed E-state index contributed by atoms with van der Waals surface area (Å²) in [7, 11) is 1.79. The van der Waals surface area contributed by atoms with Crippen molar-refractivity contribution in [3.63, 3.8) is 0 Å². The van der Waals surface area contributed by atoms with Gasteiger partial charge in [-0.05, 0) is 37.5 Å². The number of likely N-dealkylation sites (N-methyl/N-ethyl adjacent to an activating group) is 1. The molecule has 0 bridgehead atoms. The maximum absolute atomic E-state index is 12.6. The molecule has 0 radical (unpaired) electrons. The first-order valence-electron chi connectivity index (χ1n) is 8.30. The molecule has 1 aliphatic rings. The molecule has 1 aliphatic heterocycles. The summed E-state index contributed by atoms with van der Waals surface area (Å²) in [5, 5.41) is 0. The van der Waals surface area contributed by atoms with Gasteiger partial charge in [0.1, 0.15) is 12.3 Å². The topological polar surface area (TPSA) is 49.9 Å². The zero-order valence-corrected chi connectivity index (χ0v) is 14.5. The van der Waals surface area contributed by atoms with Gasteiger partial charge in [-0.15, -0.1) is 0 Å². The van der Waals surface area contributed by atoms with Crippen molar-refractivity contribution in [2.24, 2.45) is 0 Å². The van der Waals surface area contributed by atoms with Gasteiger partial charge in [0, 0.05) is 13.6 Å². The van der Waals surface area contributed by atoms with Gasteiger partial charge in [-0.3, -0.25) is 14.5 Å². The first kappa shape index (κ1) is 17.3. The van der Waals surface area contributed by atoms with Gasteiger partial charge in [0.15, 0.2) is 6.10 Å². The fourth-order valence-corrected chi connectivity index (χ4v) is 2.63. The van der Waals surface area contributed by atoms with Crippen LogP contribution >= 0.6 is 0 Å². The average Bonchev–Trinajstić information content (AvgIpc) is 2.54. The van der Waals surface area contributed by atoms with E-state index in [1.165, 1.54) is 0 Å². The highest BCUT2D eigenvalue weighted by molar-refractivity contribution is 6.03. The van der Waals surface area contributed by atoms with E-state index in [0.717, 1.165) is 18.4 Å². The second kappa shape index (κ2) is 7.49. The lowest BCUT2D eigenvalue weighted by atomic mass is 10.1. The highest BCUT2D eigenvalue weighted by atomic mass is 16.5. The van der Waals surface area contributed by atoms with Crippen molar-refractivity contribution in [1.82, 2.24) is 4.90 Å². The zero-order valence-electron chi connectivity index (χ0n) is 14.5. The van der Waals surface area contributed by atoms with Gasteiger partial charge in [-0.25, -0.2) is 0 Å². The number of amides is 2. The fourth-order valence-electron chi connectivity index (χ4n) is 2.63. The van der Waals surface area contributed by atoms with Crippen LogP contribution in [0.2, 0.25) is 0 Å². The summed E-state index contributed by atoms with van der Waals surface area (Å²) >= 11 is 0. The van der Waals surface area contributed by atoms with Gasteiger partial charge in [0.2, 0.25) is 5.91 Å². The minimum absolute atomic E-state index is 0.0454. The molecule has 0 N–H and O–H groups in total. The summed E-state index contributed by atoms with van der Waals surface area (Å²) in [6, 6.07) is 5.73. The van der Waals surface area contributed by atoms with Crippen LogP contribution in [0.4, 0.5) is 5.69 Å². The summed E-state index contributed by atoms with van der Waals surface area (Å²) in [6.07, 6.45) is 2.07. The lowest BCUT2D eigenvalue weighted by Gasteiger charge is -2.34. The molecule has 23 heavy (non-hydrogen) atoms. The molecule has 1 aromatic rings. The number of carbonyl (C=O) groups excluding carboxylic acids is 2. The summed E-state index contributed by atoms with van der Waals surface area (Å²) in [6.45, 7) is 6.74. The van der Waals surface area contributed by atoms with Crippen LogP contribution in [-0.2, 0) is 9.59 Å². The molecule has 0 aliphatic carbocycles. The number of benzene rings is 1. The zero-order chi connectivity index (χ0) is 17.0. The van der Waals surface area contributed by atoms with Crippen LogP contribution in [-0.4, -0.2) is 43.0 Å². The Kier molecular flexibility index (Phi) is 5.64. The maximum atomic E-state index is 12.6. The van der Waals surface area contributed by atoms with E-state index in [1.807, 2.05) is 32.0 Å². The minimum Gasteiger partial charge on any atom is -0.478 e. The molecule has 0 saturated heterocycles. The van der Waals surface area contributed by atoms with Crippen molar-refractivity contribution in [2.75, 3.05) is 25.0 Å². The van der Waals surface area contributed by atoms with Gasteiger partial charge in [-0.1, -0.05) is 26.3 Å². The lowest BCUT2D eigenvalue weighted by Crippen LogP contribution is -2.50. The van der Waals surface area contributed by atoms with Crippen LogP contribution in [0.15, 0.2) is 18.2 Å². The molecule has 1 heterocycles. The molecule has 0 spiro atoms. The first-order valence-corrected chi connectivity index (χ1v) is 8.30. The quantitative estimate of drug-likeness (QED) is 0.810. The van der Waals surface area contributed by atoms with E-state index < -0.39 is 6.10 Å². The van der Waals surface area contributed by atoms with Gasteiger partial charge < -0.3 is 9.64 Å². The first-order chi connectivity index (χ1) is 11.0. The third-order valence-corrected chi connectivity index (χ3v) is 4.15. The van der Waals surface area contributed by atoms with Gasteiger partial charge in [0.25, 0.3) is 5.91 Å². The van der Waals surface area contributed by atoms with Crippen molar-refractivity contribution >= 4 is 17.5 Å². The Hall–Kier alpha value is -2.04. The molecule has 0 aromatic heterocycles. The number of nitrogens with zero attached hydrogens (tertiary/aromatic N) is 2. The number of aryl methyl sites for hydroxylation is 1. The smallest absolute Gasteiger partial charge is 0.268 e. The molecule has 0 fully saturated rings. The fraction of sp³-hybridized carbons (Fsp3) is 0.556. The highest BCUT2D eigenvalue weighted by Crippen LogP contribution is 2.35. The van der Waals surface area contributed by atoms with Gasteiger partial charge in [-0.2, -0.15) is 0 Å². The van der Waals surface area contributed by atoms with E-state index in [4.69, 9.17) is 4.74 Å². The van der Waals surface area contributed by atoms with Crippen LogP contribution in [0.1, 0.15) is 38.7 Å². The third kappa shape index (κ3) is 3.84. The normalized spacial score (nSPS) is 16.8. The maximum Gasteiger partial charge on any atom is 0.268 e. The second-order valence-electron chi connectivity index (χ2n) is 6.08. The van der Waals surface area contributed by atoms with E-state index >= 15 is 0 Å². The van der Waals surface area contributed by atoms with Gasteiger partial charge in [0.05, 0.1) is 5.69 Å². The molecule has 1 aromatic carbocycles. The second-order valence-corrected chi connectivity index (χ2v) is 6.08. The number of ether oxygens (including phenoxy) is 1. The molecule has 2 rings (SSSR count). The number of hydrogen-bond acceptors (Lipinski definition) is 3. The van der Waals surface area contributed by atoms with E-state index in [2.05, 4.69) is 6.92 Å². The van der Waals surface area contributed by atoms with Crippen LogP contribution in [0.3, 0.4) is 0 Å². The molecule has 126 valence electrons. The van der Waals surface area contributed by atoms with E-state index in [1.54, 1.807) is 16.8 Å². The standard InChI is InChI=1S/C18H26N2O3/c1-5-7-10-19(4)17(21)12-20-14-11-13(3)8-9-16(14)23-15(6-2)18(20)22/h8-9,11,15H,5-7,10,12H2,1-4H3/t15-/m0/s1. The number of fused-ring (bicyclic) bond motifs is 1. The molecule has 5 nitrogen and oxygen atoms in total. The molecule has 0 saturated carbocycles. The Morgan fingerprint density at radius 3 is 2.74 bits per heavy atom. The van der Waals surface area contributed by atoms with E-state index in [0.29, 0.717) is 24.4 Å². The van der Waals surface area contributed by atoms with Crippen molar-refractivity contribution in [3.05, 3.63) is 23.8 Å². The Morgan fingerprint density at radius 2 is 2.09 bits per heavy atom. The Bertz CT molecular complexity index is 586. The monoisotopic (exact) mass is 318 g/mol. The number of anilines is 1. The van der Waals surface area contributed by atoms with Crippen molar-refractivity contribution in [1.29, 1.82) is 0 Å². The number of rotatable bonds is 6. The van der Waals surface area contributed by atoms with Crippen LogP contribution in [0.5, 0.6) is 5.75 Å². The van der Waals surface area contributed by atoms with Crippen LogP contribution < -0.4 is 9.64 Å². The van der Waals surface area contributed by atoms with Crippen molar-refractivity contribution in [2.45, 2.75) is 46.1 Å². The largest absolute Gasteiger partial charge is 0.478 e. The molecule has 1 atom stereocenters. The third-order valence-electron chi connectivity index (χ3n) is 4.15. The summed E-state index contributed by atoms with van der Waals surface area (Å²) < 4.78 is 5.77. The molecule has 5 heteroatoms. The summed E-state index contributed by atoms with van der Waals surface area (Å²) in [5.41, 5.74) is 1.73. The minimum atomic E-state index is -0.515. The average molecular weight is 318 g/mol. The predicted molar refractivity (Wildman–Crippen MR) is 90.8 cm³/mol. The SMILES string of the molecule is CCCCN(C)C(=O)CN1C(=O)[C@H](CC)Oc2ccc(C)cc21. The number of unbranched alkanes of at least 4 members (excludes halogenated alkanes) is 1. The predicted octanol–water partition coefficient (Wildman–Crippen LogP) is 2.76. The molecular weight excluding hydrogens is 292 g/mol.